The van der Waals surface area contributed by atoms with Gasteiger partial charge in [0, 0.05) is 0 Å². The predicted molar refractivity (Wildman–Crippen MR) is 51.2 cm³/mol. The maximum Gasteiger partial charge on any atom is 0.332 e. The number of hydrogen-bond donors (Lipinski definition) is 2. The SMILES string of the molecule is [CH2]CC(c1ccccc1)P(=O)(O)O. The third-order valence-electron chi connectivity index (χ3n) is 1.86. The highest BCUT2D eigenvalue weighted by atomic mass is 31.2. The average Bonchev–Trinajstić information content (AvgIpc) is 2.05. The summed E-state index contributed by atoms with van der Waals surface area (Å²) in [4.78, 5) is 18.0. The van der Waals surface area contributed by atoms with E-state index in [4.69, 9.17) is 9.79 Å². The van der Waals surface area contributed by atoms with E-state index in [9.17, 15) is 4.57 Å². The molecule has 71 valence electrons. The fourth-order valence-corrected chi connectivity index (χ4v) is 2.10. The summed E-state index contributed by atoms with van der Waals surface area (Å²) in [5.74, 6) is 0. The van der Waals surface area contributed by atoms with E-state index in [1.165, 1.54) is 0 Å². The van der Waals surface area contributed by atoms with Crippen LogP contribution in [0.4, 0.5) is 0 Å². The van der Waals surface area contributed by atoms with Gasteiger partial charge in [-0.3, -0.25) is 4.57 Å². The molecule has 0 heterocycles. The van der Waals surface area contributed by atoms with Crippen molar-refractivity contribution < 1.29 is 14.4 Å². The van der Waals surface area contributed by atoms with Crippen molar-refractivity contribution in [1.29, 1.82) is 0 Å². The number of benzene rings is 1. The maximum atomic E-state index is 11.0. The van der Waals surface area contributed by atoms with Crippen LogP contribution in [0.25, 0.3) is 0 Å². The smallest absolute Gasteiger partial charge is 0.324 e. The Morgan fingerprint density at radius 3 is 2.23 bits per heavy atom. The van der Waals surface area contributed by atoms with E-state index in [0.717, 1.165) is 0 Å². The monoisotopic (exact) mass is 199 g/mol. The standard InChI is InChI=1S/C9H12O3P/c1-2-9(13(10,11)12)8-6-4-3-5-7-8/h3-7,9H,1-2H2,(H2,10,11,12). The minimum atomic E-state index is -4.06. The number of hydrogen-bond acceptors (Lipinski definition) is 1. The molecule has 13 heavy (non-hydrogen) atoms. The van der Waals surface area contributed by atoms with Crippen LogP contribution in [0.15, 0.2) is 30.3 Å². The molecule has 0 saturated carbocycles. The second-order valence-corrected chi connectivity index (χ2v) is 4.61. The molecular formula is C9H12O3P. The Kier molecular flexibility index (Phi) is 3.26. The molecule has 4 heteroatoms. The molecule has 0 aliphatic rings. The van der Waals surface area contributed by atoms with Gasteiger partial charge in [0.15, 0.2) is 0 Å². The Bertz CT molecular complexity index is 304. The van der Waals surface area contributed by atoms with Gasteiger partial charge < -0.3 is 9.79 Å². The third-order valence-corrected chi connectivity index (χ3v) is 3.23. The van der Waals surface area contributed by atoms with Crippen molar-refractivity contribution in [3.8, 4) is 0 Å². The molecule has 1 radical (unpaired) electrons. The van der Waals surface area contributed by atoms with E-state index in [2.05, 4.69) is 6.92 Å². The summed E-state index contributed by atoms with van der Waals surface area (Å²) >= 11 is 0. The Balaban J connectivity index is 2.99. The molecule has 0 amide bonds. The van der Waals surface area contributed by atoms with Crippen LogP contribution in [0, 0.1) is 6.92 Å². The van der Waals surface area contributed by atoms with Crippen LogP contribution in [0.2, 0.25) is 0 Å². The minimum absolute atomic E-state index is 0.203. The van der Waals surface area contributed by atoms with Crippen molar-refractivity contribution in [2.75, 3.05) is 0 Å². The van der Waals surface area contributed by atoms with Crippen molar-refractivity contribution in [3.05, 3.63) is 42.8 Å². The highest BCUT2D eigenvalue weighted by molar-refractivity contribution is 7.52. The van der Waals surface area contributed by atoms with Gasteiger partial charge in [0.1, 0.15) is 0 Å². The lowest BCUT2D eigenvalue weighted by atomic mass is 10.1. The van der Waals surface area contributed by atoms with Crippen LogP contribution in [-0.4, -0.2) is 9.79 Å². The average molecular weight is 199 g/mol. The normalized spacial score (nSPS) is 14.1. The van der Waals surface area contributed by atoms with Crippen molar-refractivity contribution in [2.45, 2.75) is 12.1 Å². The van der Waals surface area contributed by atoms with Crippen LogP contribution in [0.1, 0.15) is 17.6 Å². The first-order valence-corrected chi connectivity index (χ1v) is 5.63. The summed E-state index contributed by atoms with van der Waals surface area (Å²) in [6.07, 6.45) is 0.203. The molecule has 0 fully saturated rings. The maximum absolute atomic E-state index is 11.0. The molecule has 0 aliphatic carbocycles. The van der Waals surface area contributed by atoms with Gasteiger partial charge in [-0.1, -0.05) is 37.3 Å². The molecule has 0 bridgehead atoms. The first-order chi connectivity index (χ1) is 6.05. The first kappa shape index (κ1) is 10.5. The van der Waals surface area contributed by atoms with Gasteiger partial charge in [-0.2, -0.15) is 0 Å². The third kappa shape index (κ3) is 2.66. The quantitative estimate of drug-likeness (QED) is 0.733. The second-order valence-electron chi connectivity index (χ2n) is 2.80. The molecule has 0 aromatic heterocycles. The molecule has 1 rings (SSSR count). The minimum Gasteiger partial charge on any atom is -0.324 e. The molecule has 1 unspecified atom stereocenters. The lowest BCUT2D eigenvalue weighted by Crippen LogP contribution is -1.97. The summed E-state index contributed by atoms with van der Waals surface area (Å²) in [5, 5.41) is 0. The Hall–Kier alpha value is -0.630. The van der Waals surface area contributed by atoms with Crippen LogP contribution < -0.4 is 0 Å². The van der Waals surface area contributed by atoms with Crippen LogP contribution in [0.3, 0.4) is 0 Å². The summed E-state index contributed by atoms with van der Waals surface area (Å²) in [7, 11) is -4.06. The zero-order valence-electron chi connectivity index (χ0n) is 7.13. The Morgan fingerprint density at radius 1 is 1.31 bits per heavy atom. The van der Waals surface area contributed by atoms with Gasteiger partial charge in [0.2, 0.25) is 0 Å². The molecule has 0 aliphatic heterocycles. The van der Waals surface area contributed by atoms with Crippen LogP contribution in [0.5, 0.6) is 0 Å². The Morgan fingerprint density at radius 2 is 1.85 bits per heavy atom. The zero-order valence-corrected chi connectivity index (χ0v) is 8.02. The molecule has 2 N–H and O–H groups in total. The largest absolute Gasteiger partial charge is 0.332 e. The van der Waals surface area contributed by atoms with E-state index in [1.54, 1.807) is 24.3 Å². The van der Waals surface area contributed by atoms with Gasteiger partial charge in [-0.25, -0.2) is 0 Å². The highest BCUT2D eigenvalue weighted by Gasteiger charge is 2.28. The lowest BCUT2D eigenvalue weighted by Gasteiger charge is -2.16. The fourth-order valence-electron chi connectivity index (χ4n) is 1.20. The van der Waals surface area contributed by atoms with Gasteiger partial charge in [0.25, 0.3) is 0 Å². The fraction of sp³-hybridized carbons (Fsp3) is 0.222. The number of rotatable bonds is 3. The lowest BCUT2D eigenvalue weighted by molar-refractivity contribution is 0.358. The van der Waals surface area contributed by atoms with E-state index in [0.29, 0.717) is 5.56 Å². The van der Waals surface area contributed by atoms with E-state index >= 15 is 0 Å². The molecular weight excluding hydrogens is 187 g/mol. The Labute approximate surface area is 77.6 Å². The molecule has 1 aromatic carbocycles. The van der Waals surface area contributed by atoms with Crippen molar-refractivity contribution in [1.82, 2.24) is 0 Å². The van der Waals surface area contributed by atoms with Gasteiger partial charge in [-0.05, 0) is 12.0 Å². The molecule has 1 aromatic rings. The molecule has 0 spiro atoms. The summed E-state index contributed by atoms with van der Waals surface area (Å²) < 4.78 is 11.0. The van der Waals surface area contributed by atoms with Gasteiger partial charge in [-0.15, -0.1) is 0 Å². The molecule has 3 nitrogen and oxygen atoms in total. The molecule has 1 atom stereocenters. The van der Waals surface area contributed by atoms with Crippen LogP contribution in [-0.2, 0) is 4.57 Å². The molecule has 0 saturated heterocycles. The van der Waals surface area contributed by atoms with Crippen molar-refractivity contribution >= 4 is 7.60 Å². The van der Waals surface area contributed by atoms with Crippen LogP contribution >= 0.6 is 7.60 Å². The predicted octanol–water partition coefficient (Wildman–Crippen LogP) is 2.13. The van der Waals surface area contributed by atoms with Crippen molar-refractivity contribution in [3.63, 3.8) is 0 Å². The van der Waals surface area contributed by atoms with E-state index in [-0.39, 0.29) is 6.42 Å². The zero-order chi connectivity index (χ0) is 9.90. The van der Waals surface area contributed by atoms with E-state index < -0.39 is 13.3 Å². The summed E-state index contributed by atoms with van der Waals surface area (Å²) in [6, 6.07) is 8.73. The van der Waals surface area contributed by atoms with E-state index in [1.807, 2.05) is 6.07 Å². The van der Waals surface area contributed by atoms with Crippen molar-refractivity contribution in [2.24, 2.45) is 0 Å². The summed E-state index contributed by atoms with van der Waals surface area (Å²) in [5.41, 5.74) is -0.125. The summed E-state index contributed by atoms with van der Waals surface area (Å²) in [6.45, 7) is 3.54. The highest BCUT2D eigenvalue weighted by Crippen LogP contribution is 2.53. The van der Waals surface area contributed by atoms with Gasteiger partial charge >= 0.3 is 7.60 Å². The second kappa shape index (κ2) is 4.05. The van der Waals surface area contributed by atoms with Gasteiger partial charge in [0.05, 0.1) is 5.66 Å². The topological polar surface area (TPSA) is 57.5 Å². The first-order valence-electron chi connectivity index (χ1n) is 3.95.